The molecule has 27 heavy (non-hydrogen) atoms. The van der Waals surface area contributed by atoms with Gasteiger partial charge in [0, 0.05) is 5.56 Å². The third kappa shape index (κ3) is 3.36. The molecular formula is C18H17N3O5S. The van der Waals surface area contributed by atoms with Crippen LogP contribution in [0.1, 0.15) is 10.4 Å². The van der Waals surface area contributed by atoms with Crippen molar-refractivity contribution in [3.8, 4) is 17.2 Å². The Balaban J connectivity index is 2.05. The van der Waals surface area contributed by atoms with Gasteiger partial charge in [-0.1, -0.05) is 12.1 Å². The molecule has 0 saturated heterocycles. The molecule has 3 aromatic rings. The molecular weight excluding hydrogens is 370 g/mol. The normalized spacial score (nSPS) is 10.5. The maximum atomic E-state index is 12.7. The van der Waals surface area contributed by atoms with E-state index in [-0.39, 0.29) is 10.3 Å². The Morgan fingerprint density at radius 3 is 2.30 bits per heavy atom. The molecule has 0 aliphatic carbocycles. The number of benzene rings is 2. The summed E-state index contributed by atoms with van der Waals surface area (Å²) in [4.78, 5) is 28.3. The summed E-state index contributed by atoms with van der Waals surface area (Å²) in [5, 5.41) is 0.399. The summed E-state index contributed by atoms with van der Waals surface area (Å²) in [7, 11) is 4.36. The number of hydrogen-bond acceptors (Lipinski definition) is 6. The molecule has 1 amide bonds. The predicted molar refractivity (Wildman–Crippen MR) is 103 cm³/mol. The number of carbonyl (C=O) groups is 1. The summed E-state index contributed by atoms with van der Waals surface area (Å²) in [6, 6.07) is 9.85. The van der Waals surface area contributed by atoms with Crippen LogP contribution < -0.4 is 25.2 Å². The number of carbonyl (C=O) groups excluding carboxylic acids is 1. The van der Waals surface area contributed by atoms with Gasteiger partial charge in [-0.2, -0.15) is 4.68 Å². The van der Waals surface area contributed by atoms with Crippen molar-refractivity contribution in [1.82, 2.24) is 9.66 Å². The van der Waals surface area contributed by atoms with Gasteiger partial charge in [0.25, 0.3) is 11.5 Å². The quantitative estimate of drug-likeness (QED) is 0.653. The summed E-state index contributed by atoms with van der Waals surface area (Å²) in [6.07, 6.45) is 0. The monoisotopic (exact) mass is 387 g/mol. The van der Waals surface area contributed by atoms with Crippen molar-refractivity contribution in [1.29, 1.82) is 0 Å². The van der Waals surface area contributed by atoms with E-state index < -0.39 is 11.5 Å². The van der Waals surface area contributed by atoms with E-state index in [0.717, 1.165) is 4.68 Å². The number of rotatable bonds is 5. The Morgan fingerprint density at radius 2 is 1.70 bits per heavy atom. The molecule has 0 unspecified atom stereocenters. The number of nitrogens with zero attached hydrogens (tertiary/aromatic N) is 1. The van der Waals surface area contributed by atoms with Gasteiger partial charge < -0.3 is 19.2 Å². The zero-order valence-electron chi connectivity index (χ0n) is 14.9. The van der Waals surface area contributed by atoms with Gasteiger partial charge in [0.1, 0.15) is 0 Å². The van der Waals surface area contributed by atoms with Crippen molar-refractivity contribution < 1.29 is 19.0 Å². The Kier molecular flexibility index (Phi) is 5.13. The second-order valence-corrected chi connectivity index (χ2v) is 5.86. The maximum Gasteiger partial charge on any atom is 0.281 e. The lowest BCUT2D eigenvalue weighted by Gasteiger charge is -2.14. The second kappa shape index (κ2) is 7.50. The van der Waals surface area contributed by atoms with E-state index in [1.165, 1.54) is 33.5 Å². The Labute approximate surface area is 159 Å². The van der Waals surface area contributed by atoms with E-state index in [9.17, 15) is 9.59 Å². The minimum atomic E-state index is -0.564. The van der Waals surface area contributed by atoms with Gasteiger partial charge in [-0.05, 0) is 36.5 Å². The number of H-pyrrole nitrogens is 1. The summed E-state index contributed by atoms with van der Waals surface area (Å²) >= 11 is 5.20. The van der Waals surface area contributed by atoms with Crippen molar-refractivity contribution in [3.63, 3.8) is 0 Å². The van der Waals surface area contributed by atoms with Gasteiger partial charge in [0.2, 0.25) is 5.75 Å². The fraction of sp³-hybridized carbons (Fsp3) is 0.167. The third-order valence-corrected chi connectivity index (χ3v) is 4.23. The minimum absolute atomic E-state index is 0.0690. The van der Waals surface area contributed by atoms with Crippen molar-refractivity contribution in [3.05, 3.63) is 57.1 Å². The SMILES string of the molecule is COc1cc(C(=O)Nn2c(=S)[nH]c3ccccc3c2=O)cc(OC)c1OC. The van der Waals surface area contributed by atoms with Crippen LogP contribution in [0.25, 0.3) is 10.9 Å². The lowest BCUT2D eigenvalue weighted by Crippen LogP contribution is -2.34. The topological polar surface area (TPSA) is 94.6 Å². The average molecular weight is 387 g/mol. The molecule has 0 fully saturated rings. The first-order chi connectivity index (χ1) is 13.0. The Bertz CT molecular complexity index is 1110. The van der Waals surface area contributed by atoms with E-state index in [0.29, 0.717) is 28.2 Å². The standard InChI is InChI=1S/C18H17N3O5S/c1-24-13-8-10(9-14(25-2)15(13)26-3)16(22)20-21-17(23)11-6-4-5-7-12(11)19-18(21)27/h4-9H,1-3H3,(H,19,27)(H,20,22). The number of para-hydroxylation sites is 1. The number of ether oxygens (including phenoxy) is 3. The molecule has 1 heterocycles. The molecule has 2 N–H and O–H groups in total. The van der Waals surface area contributed by atoms with Crippen LogP contribution in [0.2, 0.25) is 0 Å². The summed E-state index contributed by atoms with van der Waals surface area (Å²) < 4.78 is 16.8. The Morgan fingerprint density at radius 1 is 1.07 bits per heavy atom. The first kappa shape index (κ1) is 18.5. The number of aromatic nitrogens is 2. The molecule has 3 rings (SSSR count). The smallest absolute Gasteiger partial charge is 0.281 e. The van der Waals surface area contributed by atoms with Crippen LogP contribution in [0.4, 0.5) is 0 Å². The zero-order valence-corrected chi connectivity index (χ0v) is 15.7. The van der Waals surface area contributed by atoms with E-state index in [1.807, 2.05) is 0 Å². The van der Waals surface area contributed by atoms with Crippen LogP contribution in [-0.4, -0.2) is 36.9 Å². The number of hydrogen-bond donors (Lipinski definition) is 2. The second-order valence-electron chi connectivity index (χ2n) is 5.47. The molecule has 0 radical (unpaired) electrons. The van der Waals surface area contributed by atoms with Crippen LogP contribution >= 0.6 is 12.2 Å². The van der Waals surface area contributed by atoms with Gasteiger partial charge in [-0.3, -0.25) is 15.0 Å². The van der Waals surface area contributed by atoms with E-state index in [2.05, 4.69) is 10.4 Å². The highest BCUT2D eigenvalue weighted by Gasteiger charge is 2.18. The van der Waals surface area contributed by atoms with Crippen LogP contribution in [0.15, 0.2) is 41.2 Å². The van der Waals surface area contributed by atoms with Crippen LogP contribution in [0.3, 0.4) is 0 Å². The van der Waals surface area contributed by atoms with Crippen LogP contribution in [-0.2, 0) is 0 Å². The van der Waals surface area contributed by atoms with Gasteiger partial charge in [0.05, 0.1) is 32.2 Å². The van der Waals surface area contributed by atoms with Gasteiger partial charge in [0.15, 0.2) is 16.3 Å². The molecule has 140 valence electrons. The van der Waals surface area contributed by atoms with Crippen LogP contribution in [0.5, 0.6) is 17.2 Å². The molecule has 8 nitrogen and oxygen atoms in total. The summed E-state index contributed by atoms with van der Waals surface area (Å²) in [5.74, 6) is 0.430. The molecule has 0 spiro atoms. The molecule has 1 aromatic heterocycles. The number of aromatic amines is 1. The molecule has 0 bridgehead atoms. The van der Waals surface area contributed by atoms with Gasteiger partial charge >= 0.3 is 0 Å². The number of fused-ring (bicyclic) bond motifs is 1. The molecule has 2 aromatic carbocycles. The maximum absolute atomic E-state index is 12.7. The van der Waals surface area contributed by atoms with Gasteiger partial charge in [-0.25, -0.2) is 0 Å². The minimum Gasteiger partial charge on any atom is -0.493 e. The number of methoxy groups -OCH3 is 3. The van der Waals surface area contributed by atoms with Crippen molar-refractivity contribution >= 4 is 29.0 Å². The third-order valence-electron chi connectivity index (χ3n) is 3.95. The van der Waals surface area contributed by atoms with E-state index in [1.54, 1.807) is 24.3 Å². The zero-order chi connectivity index (χ0) is 19.6. The predicted octanol–water partition coefficient (Wildman–Crippen LogP) is 2.47. The summed E-state index contributed by atoms with van der Waals surface area (Å²) in [6.45, 7) is 0. The molecule has 0 saturated carbocycles. The van der Waals surface area contributed by atoms with Crippen molar-refractivity contribution in [2.24, 2.45) is 0 Å². The number of nitrogens with one attached hydrogen (secondary N) is 2. The molecule has 0 aliphatic rings. The highest BCUT2D eigenvalue weighted by molar-refractivity contribution is 7.71. The molecule has 0 aliphatic heterocycles. The Hall–Kier alpha value is -3.33. The molecule has 9 heteroatoms. The first-order valence-electron chi connectivity index (χ1n) is 7.85. The van der Waals surface area contributed by atoms with E-state index >= 15 is 0 Å². The lowest BCUT2D eigenvalue weighted by molar-refractivity contribution is 0.101. The lowest BCUT2D eigenvalue weighted by atomic mass is 10.1. The summed E-state index contributed by atoms with van der Waals surface area (Å²) in [5.41, 5.74) is 2.87. The fourth-order valence-corrected chi connectivity index (χ4v) is 2.88. The van der Waals surface area contributed by atoms with Crippen molar-refractivity contribution in [2.75, 3.05) is 26.8 Å². The van der Waals surface area contributed by atoms with Crippen molar-refractivity contribution in [2.45, 2.75) is 0 Å². The highest BCUT2D eigenvalue weighted by Crippen LogP contribution is 2.38. The van der Waals surface area contributed by atoms with Gasteiger partial charge in [-0.15, -0.1) is 0 Å². The number of amides is 1. The van der Waals surface area contributed by atoms with E-state index in [4.69, 9.17) is 26.4 Å². The first-order valence-corrected chi connectivity index (χ1v) is 8.26. The highest BCUT2D eigenvalue weighted by atomic mass is 32.1. The fourth-order valence-electron chi connectivity index (χ4n) is 2.64. The van der Waals surface area contributed by atoms with Crippen LogP contribution in [0, 0.1) is 4.77 Å². The molecule has 0 atom stereocenters. The average Bonchev–Trinajstić information content (AvgIpc) is 2.69. The largest absolute Gasteiger partial charge is 0.493 e.